The number of halogens is 2. The zero-order valence-electron chi connectivity index (χ0n) is 9.77. The van der Waals surface area contributed by atoms with Gasteiger partial charge in [0.2, 0.25) is 0 Å². The first-order valence-corrected chi connectivity index (χ1v) is 6.22. The van der Waals surface area contributed by atoms with E-state index < -0.39 is 5.97 Å². The fourth-order valence-corrected chi connectivity index (χ4v) is 2.08. The normalized spacial score (nSPS) is 10.2. The maximum absolute atomic E-state index is 11.1. The van der Waals surface area contributed by atoms with Crippen molar-refractivity contribution in [2.24, 2.45) is 0 Å². The molecule has 3 nitrogen and oxygen atoms in total. The van der Waals surface area contributed by atoms with Crippen LogP contribution in [0.1, 0.15) is 15.9 Å². The molecule has 98 valence electrons. The zero-order valence-corrected chi connectivity index (χ0v) is 11.3. The minimum atomic E-state index is -1.12. The molecule has 0 aliphatic rings. The number of carboxylic acids is 1. The Morgan fingerprint density at radius 1 is 1.16 bits per heavy atom. The Morgan fingerprint density at radius 3 is 2.58 bits per heavy atom. The van der Waals surface area contributed by atoms with E-state index in [1.165, 1.54) is 6.07 Å². The molecule has 0 atom stereocenters. The molecule has 0 fully saturated rings. The van der Waals surface area contributed by atoms with Crippen molar-refractivity contribution in [3.8, 4) is 5.75 Å². The summed E-state index contributed by atoms with van der Waals surface area (Å²) in [5, 5.41) is 9.85. The van der Waals surface area contributed by atoms with Crippen LogP contribution in [0, 0.1) is 0 Å². The van der Waals surface area contributed by atoms with E-state index in [2.05, 4.69) is 0 Å². The average molecular weight is 297 g/mol. The molecule has 0 aliphatic carbocycles. The summed E-state index contributed by atoms with van der Waals surface area (Å²) >= 11 is 11.7. The Bertz CT molecular complexity index is 611. The highest BCUT2D eigenvalue weighted by molar-refractivity contribution is 6.33. The molecule has 2 aromatic carbocycles. The van der Waals surface area contributed by atoms with E-state index >= 15 is 0 Å². The highest BCUT2D eigenvalue weighted by Crippen LogP contribution is 2.27. The van der Waals surface area contributed by atoms with Crippen LogP contribution in [0.3, 0.4) is 0 Å². The van der Waals surface area contributed by atoms with Gasteiger partial charge in [-0.3, -0.25) is 0 Å². The average Bonchev–Trinajstić information content (AvgIpc) is 2.36. The van der Waals surface area contributed by atoms with E-state index in [9.17, 15) is 4.79 Å². The van der Waals surface area contributed by atoms with Gasteiger partial charge in [-0.25, -0.2) is 4.79 Å². The lowest BCUT2D eigenvalue weighted by molar-refractivity contribution is 0.0692. The number of hydrogen-bond acceptors (Lipinski definition) is 2. The third kappa shape index (κ3) is 3.40. The molecule has 0 spiro atoms. The molecule has 2 aromatic rings. The van der Waals surface area contributed by atoms with Gasteiger partial charge in [0, 0.05) is 5.02 Å². The quantitative estimate of drug-likeness (QED) is 0.916. The number of carbonyl (C=O) groups is 1. The fourth-order valence-electron chi connectivity index (χ4n) is 1.62. The summed E-state index contributed by atoms with van der Waals surface area (Å²) in [6.45, 7) is 0.223. The van der Waals surface area contributed by atoms with E-state index in [0.717, 1.165) is 5.56 Å². The lowest BCUT2D eigenvalue weighted by atomic mass is 10.2. The summed E-state index contributed by atoms with van der Waals surface area (Å²) in [7, 11) is 0. The van der Waals surface area contributed by atoms with Crippen molar-refractivity contribution in [3.05, 3.63) is 63.6 Å². The monoisotopic (exact) mass is 296 g/mol. The zero-order chi connectivity index (χ0) is 13.8. The smallest absolute Gasteiger partial charge is 0.341 e. The summed E-state index contributed by atoms with van der Waals surface area (Å²) in [6.07, 6.45) is 0. The van der Waals surface area contributed by atoms with Crippen LogP contribution in [0.5, 0.6) is 5.75 Å². The van der Waals surface area contributed by atoms with E-state index in [1.54, 1.807) is 30.3 Å². The first kappa shape index (κ1) is 13.7. The first-order chi connectivity index (χ1) is 9.08. The third-order valence-electron chi connectivity index (χ3n) is 2.47. The van der Waals surface area contributed by atoms with Gasteiger partial charge < -0.3 is 9.84 Å². The summed E-state index contributed by atoms with van der Waals surface area (Å²) < 4.78 is 5.50. The molecule has 0 heterocycles. The minimum absolute atomic E-state index is 0.0359. The van der Waals surface area contributed by atoms with Crippen molar-refractivity contribution >= 4 is 29.2 Å². The van der Waals surface area contributed by atoms with E-state index in [1.807, 2.05) is 6.07 Å². The molecule has 0 unspecified atom stereocenters. The number of benzene rings is 2. The molecule has 0 aromatic heterocycles. The maximum Gasteiger partial charge on any atom is 0.341 e. The molecule has 19 heavy (non-hydrogen) atoms. The van der Waals surface area contributed by atoms with Crippen molar-refractivity contribution in [1.29, 1.82) is 0 Å². The van der Waals surface area contributed by atoms with Crippen molar-refractivity contribution < 1.29 is 14.6 Å². The Labute approximate surface area is 120 Å². The van der Waals surface area contributed by atoms with E-state index in [0.29, 0.717) is 5.02 Å². The van der Waals surface area contributed by atoms with Gasteiger partial charge in [-0.05, 0) is 29.8 Å². The molecular formula is C14H10Cl2O3. The van der Waals surface area contributed by atoms with Crippen molar-refractivity contribution in [2.75, 3.05) is 0 Å². The molecule has 5 heteroatoms. The van der Waals surface area contributed by atoms with Gasteiger partial charge in [0.05, 0.1) is 5.02 Å². The Balaban J connectivity index is 2.20. The Kier molecular flexibility index (Phi) is 4.30. The second kappa shape index (κ2) is 5.95. The number of carboxylic acid groups (broad SMARTS) is 1. The van der Waals surface area contributed by atoms with Crippen LogP contribution in [0.15, 0.2) is 42.5 Å². The first-order valence-electron chi connectivity index (χ1n) is 5.47. The molecule has 0 radical (unpaired) electrons. The van der Waals surface area contributed by atoms with Gasteiger partial charge >= 0.3 is 5.97 Å². The number of hydrogen-bond donors (Lipinski definition) is 1. The van der Waals surface area contributed by atoms with Crippen LogP contribution in [0.4, 0.5) is 0 Å². The predicted octanol–water partition coefficient (Wildman–Crippen LogP) is 4.27. The highest BCUT2D eigenvalue weighted by Gasteiger charge is 2.15. The molecule has 0 aliphatic heterocycles. The van der Waals surface area contributed by atoms with Crippen LogP contribution in [-0.2, 0) is 6.61 Å². The SMILES string of the molecule is O=C(O)c1c(Cl)cccc1OCc1cccc(Cl)c1. The Hall–Kier alpha value is -1.71. The summed E-state index contributed by atoms with van der Waals surface area (Å²) in [5.41, 5.74) is 0.815. The molecule has 2 rings (SSSR count). The lowest BCUT2D eigenvalue weighted by Gasteiger charge is -2.10. The highest BCUT2D eigenvalue weighted by atomic mass is 35.5. The van der Waals surface area contributed by atoms with Crippen LogP contribution in [0.25, 0.3) is 0 Å². The van der Waals surface area contributed by atoms with E-state index in [4.69, 9.17) is 33.0 Å². The summed E-state index contributed by atoms with van der Waals surface area (Å²) in [4.78, 5) is 11.1. The van der Waals surface area contributed by atoms with Gasteiger partial charge in [-0.1, -0.05) is 41.4 Å². The maximum atomic E-state index is 11.1. The molecule has 0 bridgehead atoms. The number of aromatic carboxylic acids is 1. The van der Waals surface area contributed by atoms with Gasteiger partial charge in [-0.15, -0.1) is 0 Å². The topological polar surface area (TPSA) is 46.5 Å². The second-order valence-electron chi connectivity index (χ2n) is 3.84. The van der Waals surface area contributed by atoms with Gasteiger partial charge in [0.1, 0.15) is 17.9 Å². The predicted molar refractivity (Wildman–Crippen MR) is 74.2 cm³/mol. The van der Waals surface area contributed by atoms with Gasteiger partial charge in [0.25, 0.3) is 0 Å². The number of ether oxygens (including phenoxy) is 1. The van der Waals surface area contributed by atoms with Crippen LogP contribution in [0.2, 0.25) is 10.0 Å². The molecule has 0 saturated heterocycles. The Morgan fingerprint density at radius 2 is 1.89 bits per heavy atom. The van der Waals surface area contributed by atoms with Crippen LogP contribution >= 0.6 is 23.2 Å². The molecule has 1 N–H and O–H groups in total. The van der Waals surface area contributed by atoms with E-state index in [-0.39, 0.29) is 22.9 Å². The molecule has 0 amide bonds. The summed E-state index contributed by atoms with van der Waals surface area (Å²) in [6, 6.07) is 11.9. The van der Waals surface area contributed by atoms with Crippen LogP contribution in [-0.4, -0.2) is 11.1 Å². The van der Waals surface area contributed by atoms with Crippen molar-refractivity contribution in [3.63, 3.8) is 0 Å². The fraction of sp³-hybridized carbons (Fsp3) is 0.0714. The van der Waals surface area contributed by atoms with Crippen LogP contribution < -0.4 is 4.74 Å². The largest absolute Gasteiger partial charge is 0.488 e. The second-order valence-corrected chi connectivity index (χ2v) is 4.68. The third-order valence-corrected chi connectivity index (χ3v) is 3.02. The lowest BCUT2D eigenvalue weighted by Crippen LogP contribution is -2.04. The molecule has 0 saturated carbocycles. The number of rotatable bonds is 4. The summed E-state index contributed by atoms with van der Waals surface area (Å²) in [5.74, 6) is -0.883. The van der Waals surface area contributed by atoms with Crippen molar-refractivity contribution in [1.82, 2.24) is 0 Å². The standard InChI is InChI=1S/C14H10Cl2O3/c15-10-4-1-3-9(7-10)8-19-12-6-2-5-11(16)13(12)14(17)18/h1-7H,8H2,(H,17,18). The minimum Gasteiger partial charge on any atom is -0.488 e. The van der Waals surface area contributed by atoms with Crippen molar-refractivity contribution in [2.45, 2.75) is 6.61 Å². The van der Waals surface area contributed by atoms with Gasteiger partial charge in [-0.2, -0.15) is 0 Å². The van der Waals surface area contributed by atoms with Gasteiger partial charge in [0.15, 0.2) is 0 Å². The molecular weight excluding hydrogens is 287 g/mol.